The first-order valence-corrected chi connectivity index (χ1v) is 6.18. The Bertz CT molecular complexity index is 521. The van der Waals surface area contributed by atoms with Crippen LogP contribution in [0.15, 0.2) is 47.5 Å². The molecule has 0 bridgehead atoms. The van der Waals surface area contributed by atoms with Gasteiger partial charge in [0.05, 0.1) is 5.57 Å². The molecule has 1 aliphatic rings. The van der Waals surface area contributed by atoms with E-state index in [-0.39, 0.29) is 11.3 Å². The van der Waals surface area contributed by atoms with Crippen molar-refractivity contribution < 1.29 is 0 Å². The third-order valence-corrected chi connectivity index (χ3v) is 2.65. The summed E-state index contributed by atoms with van der Waals surface area (Å²) >= 11 is 0. The summed E-state index contributed by atoms with van der Waals surface area (Å²) in [5.41, 5.74) is 6.87. The summed E-state index contributed by atoms with van der Waals surface area (Å²) < 4.78 is 0. The van der Waals surface area contributed by atoms with E-state index in [9.17, 15) is 0 Å². The van der Waals surface area contributed by atoms with Crippen molar-refractivity contribution in [2.45, 2.75) is 20.3 Å². The summed E-state index contributed by atoms with van der Waals surface area (Å²) in [7, 11) is 0. The predicted octanol–water partition coefficient (Wildman–Crippen LogP) is 2.56. The minimum Gasteiger partial charge on any atom is -0.389 e. The average Bonchev–Trinajstić information content (AvgIpc) is 2.40. The SMILES string of the molecule is CC(C)CC1=CCN(/C=C/C(C#N)=C(/N)C#N)C=C1. The van der Waals surface area contributed by atoms with Crippen LogP contribution in [0.2, 0.25) is 0 Å². The molecule has 2 N–H and O–H groups in total. The van der Waals surface area contributed by atoms with Crippen molar-refractivity contribution in [3.8, 4) is 12.1 Å². The van der Waals surface area contributed by atoms with Gasteiger partial charge in [-0.05, 0) is 30.1 Å². The van der Waals surface area contributed by atoms with Crippen molar-refractivity contribution in [1.82, 2.24) is 4.90 Å². The van der Waals surface area contributed by atoms with E-state index in [1.165, 1.54) is 5.57 Å². The summed E-state index contributed by atoms with van der Waals surface area (Å²) in [6.45, 7) is 5.14. The Balaban J connectivity index is 2.65. The van der Waals surface area contributed by atoms with Crippen molar-refractivity contribution in [3.05, 3.63) is 47.5 Å². The minimum absolute atomic E-state index is 0.0595. The fourth-order valence-corrected chi connectivity index (χ4v) is 1.69. The first-order valence-electron chi connectivity index (χ1n) is 6.18. The molecule has 19 heavy (non-hydrogen) atoms. The Morgan fingerprint density at radius 1 is 1.47 bits per heavy atom. The van der Waals surface area contributed by atoms with Gasteiger partial charge in [-0.25, -0.2) is 0 Å². The number of nitrogens with two attached hydrogens (primary N) is 1. The number of rotatable bonds is 4. The molecule has 0 spiro atoms. The van der Waals surface area contributed by atoms with Gasteiger partial charge in [0.15, 0.2) is 0 Å². The number of nitrogens with zero attached hydrogens (tertiary/aromatic N) is 3. The molecule has 0 saturated carbocycles. The lowest BCUT2D eigenvalue weighted by molar-refractivity contribution is 0.548. The van der Waals surface area contributed by atoms with E-state index >= 15 is 0 Å². The zero-order valence-electron chi connectivity index (χ0n) is 11.3. The molecule has 1 heterocycles. The molecule has 4 heteroatoms. The minimum atomic E-state index is -0.0595. The Labute approximate surface area is 114 Å². The molecule has 1 aliphatic heterocycles. The summed E-state index contributed by atoms with van der Waals surface area (Å²) in [5, 5.41) is 17.5. The lowest BCUT2D eigenvalue weighted by Crippen LogP contribution is -2.13. The molecule has 4 nitrogen and oxygen atoms in total. The van der Waals surface area contributed by atoms with Gasteiger partial charge in [-0.2, -0.15) is 10.5 Å². The summed E-state index contributed by atoms with van der Waals surface area (Å²) in [6.07, 6.45) is 10.6. The monoisotopic (exact) mass is 254 g/mol. The van der Waals surface area contributed by atoms with E-state index in [0.717, 1.165) is 13.0 Å². The molecule has 0 amide bonds. The lowest BCUT2D eigenvalue weighted by Gasteiger charge is -2.19. The highest BCUT2D eigenvalue weighted by molar-refractivity contribution is 5.42. The Morgan fingerprint density at radius 3 is 2.68 bits per heavy atom. The summed E-state index contributed by atoms with van der Waals surface area (Å²) in [6, 6.07) is 3.67. The van der Waals surface area contributed by atoms with E-state index < -0.39 is 0 Å². The van der Waals surface area contributed by atoms with Gasteiger partial charge < -0.3 is 10.6 Å². The lowest BCUT2D eigenvalue weighted by atomic mass is 10.0. The molecule has 0 radical (unpaired) electrons. The predicted molar refractivity (Wildman–Crippen MR) is 75.0 cm³/mol. The molecule has 0 aromatic heterocycles. The second-order valence-corrected chi connectivity index (χ2v) is 4.76. The smallest absolute Gasteiger partial charge is 0.129 e. The molecule has 0 atom stereocenters. The summed E-state index contributed by atoms with van der Waals surface area (Å²) in [5.74, 6) is 0.640. The number of nitriles is 2. The van der Waals surface area contributed by atoms with Gasteiger partial charge in [-0.15, -0.1) is 0 Å². The topological polar surface area (TPSA) is 76.8 Å². The van der Waals surface area contributed by atoms with E-state index in [1.54, 1.807) is 18.3 Å². The van der Waals surface area contributed by atoms with Crippen LogP contribution in [-0.2, 0) is 0 Å². The van der Waals surface area contributed by atoms with Crippen LogP contribution in [0.25, 0.3) is 0 Å². The highest BCUT2D eigenvalue weighted by atomic mass is 15.1. The standard InChI is InChI=1S/C15H18N4/c1-12(2)9-13-3-6-19(7-4-13)8-5-14(10-16)15(18)11-17/h3-6,8,12H,7,9,18H2,1-2H3/b8-5+,15-14-. The summed E-state index contributed by atoms with van der Waals surface area (Å²) in [4.78, 5) is 1.94. The molecular weight excluding hydrogens is 236 g/mol. The van der Waals surface area contributed by atoms with E-state index in [2.05, 4.69) is 26.0 Å². The van der Waals surface area contributed by atoms with Gasteiger partial charge in [-0.1, -0.05) is 19.9 Å². The van der Waals surface area contributed by atoms with Crippen LogP contribution in [0.5, 0.6) is 0 Å². The van der Waals surface area contributed by atoms with E-state index in [4.69, 9.17) is 16.3 Å². The maximum absolute atomic E-state index is 8.86. The van der Waals surface area contributed by atoms with Crippen LogP contribution in [0.3, 0.4) is 0 Å². The average molecular weight is 254 g/mol. The van der Waals surface area contributed by atoms with Crippen LogP contribution in [-0.4, -0.2) is 11.4 Å². The molecule has 98 valence electrons. The fourth-order valence-electron chi connectivity index (χ4n) is 1.69. The Hall–Kier alpha value is -2.46. The highest BCUT2D eigenvalue weighted by Crippen LogP contribution is 2.16. The molecule has 0 aromatic rings. The number of hydrogen-bond donors (Lipinski definition) is 1. The van der Waals surface area contributed by atoms with Crippen LogP contribution >= 0.6 is 0 Å². The van der Waals surface area contributed by atoms with Crippen molar-refractivity contribution in [2.75, 3.05) is 6.54 Å². The van der Waals surface area contributed by atoms with Crippen LogP contribution in [0, 0.1) is 28.6 Å². The quantitative estimate of drug-likeness (QED) is 0.618. The molecule has 0 saturated heterocycles. The van der Waals surface area contributed by atoms with Gasteiger partial charge >= 0.3 is 0 Å². The van der Waals surface area contributed by atoms with Crippen LogP contribution in [0.4, 0.5) is 0 Å². The first kappa shape index (κ1) is 14.6. The molecule has 0 aromatic carbocycles. The van der Waals surface area contributed by atoms with Gasteiger partial charge in [0.1, 0.15) is 17.8 Å². The number of allylic oxidation sites excluding steroid dienone is 5. The second kappa shape index (κ2) is 7.08. The molecule has 0 unspecified atom stereocenters. The highest BCUT2D eigenvalue weighted by Gasteiger charge is 2.04. The fraction of sp³-hybridized carbons (Fsp3) is 0.333. The largest absolute Gasteiger partial charge is 0.389 e. The van der Waals surface area contributed by atoms with Gasteiger partial charge in [0.2, 0.25) is 0 Å². The maximum Gasteiger partial charge on any atom is 0.129 e. The van der Waals surface area contributed by atoms with Crippen LogP contribution in [0.1, 0.15) is 20.3 Å². The van der Waals surface area contributed by atoms with Gasteiger partial charge in [-0.3, -0.25) is 0 Å². The molecule has 1 rings (SSSR count). The zero-order chi connectivity index (χ0) is 14.3. The molecular formula is C15H18N4. The maximum atomic E-state index is 8.86. The number of hydrogen-bond acceptors (Lipinski definition) is 4. The van der Waals surface area contributed by atoms with Crippen molar-refractivity contribution in [2.24, 2.45) is 11.7 Å². The van der Waals surface area contributed by atoms with Crippen molar-refractivity contribution >= 4 is 0 Å². The van der Waals surface area contributed by atoms with Gasteiger partial charge in [0, 0.05) is 18.9 Å². The normalized spacial score (nSPS) is 16.1. The zero-order valence-corrected chi connectivity index (χ0v) is 11.3. The molecule has 0 fully saturated rings. The third kappa shape index (κ3) is 4.73. The van der Waals surface area contributed by atoms with Crippen molar-refractivity contribution in [1.29, 1.82) is 10.5 Å². The Kier molecular flexibility index (Phi) is 5.44. The third-order valence-electron chi connectivity index (χ3n) is 2.65. The van der Waals surface area contributed by atoms with Gasteiger partial charge in [0.25, 0.3) is 0 Å². The Morgan fingerprint density at radius 2 is 2.21 bits per heavy atom. The van der Waals surface area contributed by atoms with E-state index in [0.29, 0.717) is 5.92 Å². The second-order valence-electron chi connectivity index (χ2n) is 4.76. The van der Waals surface area contributed by atoms with Crippen molar-refractivity contribution in [3.63, 3.8) is 0 Å². The van der Waals surface area contributed by atoms with Crippen LogP contribution < -0.4 is 5.73 Å². The molecule has 0 aliphatic carbocycles. The van der Waals surface area contributed by atoms with E-state index in [1.807, 2.05) is 17.2 Å². The first-order chi connectivity index (χ1) is 9.06.